The van der Waals surface area contributed by atoms with Crippen molar-refractivity contribution in [2.45, 2.75) is 16.0 Å². The van der Waals surface area contributed by atoms with Gasteiger partial charge in [-0.15, -0.1) is 0 Å². The summed E-state index contributed by atoms with van der Waals surface area (Å²) >= 11 is 5.61. The highest BCUT2D eigenvalue weighted by Crippen LogP contribution is 2.36. The van der Waals surface area contributed by atoms with E-state index >= 15 is 0 Å². The van der Waals surface area contributed by atoms with Crippen LogP contribution >= 0.6 is 11.6 Å². The molecule has 48 heavy (non-hydrogen) atoms. The van der Waals surface area contributed by atoms with E-state index in [-0.39, 0.29) is 26.9 Å². The summed E-state index contributed by atoms with van der Waals surface area (Å²) in [5.41, 5.74) is -1.25. The molecule has 0 aliphatic rings. The lowest BCUT2D eigenvalue weighted by molar-refractivity contribution is -0.137. The number of para-hydroxylation sites is 1. The molecule has 0 aromatic heterocycles. The molecule has 0 saturated heterocycles. The van der Waals surface area contributed by atoms with Gasteiger partial charge in [-0.3, -0.25) is 13.8 Å². The van der Waals surface area contributed by atoms with Gasteiger partial charge in [0, 0.05) is 11.4 Å². The Morgan fingerprint density at radius 3 is 1.88 bits per heavy atom. The molecule has 0 aliphatic carbocycles. The first kappa shape index (κ1) is 34.3. The third kappa shape index (κ3) is 8.26. The number of halogens is 4. The van der Waals surface area contributed by atoms with Crippen LogP contribution < -0.4 is 19.1 Å². The number of benzene rings is 5. The summed E-state index contributed by atoms with van der Waals surface area (Å²) in [7, 11) is -8.55. The van der Waals surface area contributed by atoms with Crippen molar-refractivity contribution in [2.75, 3.05) is 20.9 Å². The van der Waals surface area contributed by atoms with E-state index in [1.54, 1.807) is 54.6 Å². The van der Waals surface area contributed by atoms with E-state index in [9.17, 15) is 34.8 Å². The Bertz CT molecular complexity index is 2120. The molecule has 15 heteroatoms. The number of nitrogens with one attached hydrogen (secondary N) is 2. The monoisotopic (exact) mass is 715 g/mol. The topological polar surface area (TPSA) is 122 Å². The number of alkyl halides is 3. The van der Waals surface area contributed by atoms with Gasteiger partial charge in [0.25, 0.3) is 20.0 Å². The first-order valence-corrected chi connectivity index (χ1v) is 17.2. The minimum atomic E-state index is -4.80. The molecule has 248 valence electrons. The van der Waals surface area contributed by atoms with Gasteiger partial charge >= 0.3 is 6.18 Å². The van der Waals surface area contributed by atoms with Crippen LogP contribution in [-0.2, 0) is 31.0 Å². The van der Waals surface area contributed by atoms with Crippen LogP contribution in [0.1, 0.15) is 5.56 Å². The van der Waals surface area contributed by atoms with E-state index in [4.69, 9.17) is 16.3 Å². The fourth-order valence-electron chi connectivity index (χ4n) is 4.41. The lowest BCUT2D eigenvalue weighted by atomic mass is 10.2. The summed E-state index contributed by atoms with van der Waals surface area (Å²) in [5.74, 6) is 0.273. The van der Waals surface area contributed by atoms with E-state index < -0.39 is 49.3 Å². The highest BCUT2D eigenvalue weighted by Gasteiger charge is 2.34. The number of hydrogen-bond donors (Lipinski definition) is 2. The van der Waals surface area contributed by atoms with Gasteiger partial charge in [0.1, 0.15) is 18.0 Å². The molecular weight excluding hydrogens is 691 g/mol. The molecule has 1 amide bonds. The standard InChI is InChI=1S/C33H25ClF3N3O6S2/c34-31-20-13-24(21-30(31)33(35,36)37)39-47(42,43)28-18-11-23(12-19-28)38-32(41)22-40(48(44,45)29-9-5-2-6-10-29)25-14-16-27(17-15-25)46-26-7-3-1-4-8-26/h1-21,39H,22H2,(H,38,41). The Hall–Kier alpha value is -5.05. The Balaban J connectivity index is 1.32. The van der Waals surface area contributed by atoms with Crippen molar-refractivity contribution in [3.05, 3.63) is 138 Å². The molecule has 0 heterocycles. The van der Waals surface area contributed by atoms with Crippen molar-refractivity contribution in [3.63, 3.8) is 0 Å². The van der Waals surface area contributed by atoms with Crippen LogP contribution in [0.4, 0.5) is 30.2 Å². The minimum absolute atomic E-state index is 0.0486. The zero-order valence-corrected chi connectivity index (χ0v) is 26.9. The lowest BCUT2D eigenvalue weighted by Crippen LogP contribution is -2.38. The highest BCUT2D eigenvalue weighted by atomic mass is 35.5. The number of anilines is 3. The number of nitrogens with zero attached hydrogens (tertiary/aromatic N) is 1. The number of ether oxygens (including phenoxy) is 1. The number of carbonyl (C=O) groups is 1. The molecule has 2 N–H and O–H groups in total. The Morgan fingerprint density at radius 2 is 1.27 bits per heavy atom. The number of hydrogen-bond acceptors (Lipinski definition) is 6. The van der Waals surface area contributed by atoms with Crippen molar-refractivity contribution in [1.82, 2.24) is 0 Å². The van der Waals surface area contributed by atoms with Crippen LogP contribution in [0.3, 0.4) is 0 Å². The van der Waals surface area contributed by atoms with Gasteiger partial charge in [-0.1, -0.05) is 48.0 Å². The number of rotatable bonds is 11. The van der Waals surface area contributed by atoms with Crippen molar-refractivity contribution >= 4 is 54.6 Å². The average molecular weight is 716 g/mol. The largest absolute Gasteiger partial charge is 0.457 e. The normalized spacial score (nSPS) is 11.8. The summed E-state index contributed by atoms with van der Waals surface area (Å²) in [6.45, 7) is -0.643. The van der Waals surface area contributed by atoms with E-state index in [2.05, 4.69) is 10.0 Å². The van der Waals surface area contributed by atoms with Gasteiger partial charge in [-0.2, -0.15) is 13.2 Å². The molecule has 9 nitrogen and oxygen atoms in total. The minimum Gasteiger partial charge on any atom is -0.457 e. The maximum Gasteiger partial charge on any atom is 0.417 e. The summed E-state index contributed by atoms with van der Waals surface area (Å²) in [4.78, 5) is 12.8. The van der Waals surface area contributed by atoms with Crippen LogP contribution in [0.15, 0.2) is 137 Å². The lowest BCUT2D eigenvalue weighted by Gasteiger charge is -2.24. The van der Waals surface area contributed by atoms with Gasteiger partial charge < -0.3 is 10.1 Å². The zero-order chi connectivity index (χ0) is 34.5. The molecule has 0 unspecified atom stereocenters. The quantitative estimate of drug-likeness (QED) is 0.144. The van der Waals surface area contributed by atoms with Gasteiger partial charge in [0.15, 0.2) is 0 Å². The molecule has 5 rings (SSSR count). The van der Waals surface area contributed by atoms with E-state index in [1.165, 1.54) is 36.4 Å². The van der Waals surface area contributed by atoms with Crippen LogP contribution in [-0.4, -0.2) is 29.3 Å². The van der Waals surface area contributed by atoms with E-state index in [0.29, 0.717) is 17.6 Å². The SMILES string of the molecule is O=C(CN(c1ccc(Oc2ccccc2)cc1)S(=O)(=O)c1ccccc1)Nc1ccc(S(=O)(=O)Nc2ccc(Cl)c(C(F)(F)F)c2)cc1. The smallest absolute Gasteiger partial charge is 0.417 e. The predicted octanol–water partition coefficient (Wildman–Crippen LogP) is 7.79. The second kappa shape index (κ2) is 14.0. The van der Waals surface area contributed by atoms with Crippen molar-refractivity contribution in [3.8, 4) is 11.5 Å². The van der Waals surface area contributed by atoms with Crippen molar-refractivity contribution in [1.29, 1.82) is 0 Å². The predicted molar refractivity (Wildman–Crippen MR) is 176 cm³/mol. The van der Waals surface area contributed by atoms with Crippen LogP contribution in [0.25, 0.3) is 0 Å². The third-order valence-electron chi connectivity index (χ3n) is 6.69. The molecule has 0 radical (unpaired) electrons. The molecular formula is C33H25ClF3N3O6S2. The van der Waals surface area contributed by atoms with Crippen molar-refractivity contribution in [2.24, 2.45) is 0 Å². The summed E-state index contributed by atoms with van der Waals surface area (Å²) in [5, 5.41) is 1.96. The van der Waals surface area contributed by atoms with Gasteiger partial charge in [0.05, 0.1) is 26.1 Å². The van der Waals surface area contributed by atoms with E-state index in [1.807, 2.05) is 6.07 Å². The fourth-order valence-corrected chi connectivity index (χ4v) is 7.12. The second-order valence-electron chi connectivity index (χ2n) is 10.1. The number of amides is 1. The zero-order valence-electron chi connectivity index (χ0n) is 24.6. The maximum atomic E-state index is 13.7. The molecule has 0 aliphatic heterocycles. The van der Waals surface area contributed by atoms with Gasteiger partial charge in [0.2, 0.25) is 5.91 Å². The highest BCUT2D eigenvalue weighted by molar-refractivity contribution is 7.93. The van der Waals surface area contributed by atoms with Crippen LogP contribution in [0.2, 0.25) is 5.02 Å². The molecule has 0 fully saturated rings. The van der Waals surface area contributed by atoms with E-state index in [0.717, 1.165) is 28.6 Å². The molecule has 0 spiro atoms. The maximum absolute atomic E-state index is 13.7. The molecule has 0 bridgehead atoms. The Morgan fingerprint density at radius 1 is 0.708 bits per heavy atom. The summed E-state index contributed by atoms with van der Waals surface area (Å²) < 4.78 is 101. The first-order valence-electron chi connectivity index (χ1n) is 13.9. The molecule has 0 saturated carbocycles. The van der Waals surface area contributed by atoms with Crippen LogP contribution in [0.5, 0.6) is 11.5 Å². The molecule has 5 aromatic carbocycles. The summed E-state index contributed by atoms with van der Waals surface area (Å²) in [6, 6.07) is 30.0. The number of carbonyl (C=O) groups excluding carboxylic acids is 1. The van der Waals surface area contributed by atoms with Gasteiger partial charge in [-0.05, 0) is 91.0 Å². The molecule has 5 aromatic rings. The second-order valence-corrected chi connectivity index (χ2v) is 14.1. The number of sulfonamides is 2. The first-order chi connectivity index (χ1) is 22.7. The Kier molecular flexibility index (Phi) is 9.98. The average Bonchev–Trinajstić information content (AvgIpc) is 3.05. The molecule has 0 atom stereocenters. The van der Waals surface area contributed by atoms with Crippen LogP contribution in [0, 0.1) is 0 Å². The van der Waals surface area contributed by atoms with Gasteiger partial charge in [-0.25, -0.2) is 16.8 Å². The van der Waals surface area contributed by atoms with Crippen molar-refractivity contribution < 1.29 is 39.5 Å². The fraction of sp³-hybridized carbons (Fsp3) is 0.0606. The third-order valence-corrected chi connectivity index (χ3v) is 10.2. The Labute approximate surface area is 279 Å². The summed E-state index contributed by atoms with van der Waals surface area (Å²) in [6.07, 6.45) is -4.80.